The summed E-state index contributed by atoms with van der Waals surface area (Å²) < 4.78 is 15.7. The maximum absolute atomic E-state index is 12.7. The zero-order valence-electron chi connectivity index (χ0n) is 16.8. The molecule has 0 fully saturated rings. The van der Waals surface area contributed by atoms with Gasteiger partial charge in [0.2, 0.25) is 12.5 Å². The molecular formula is C22H15N3O8. The van der Waals surface area contributed by atoms with Crippen LogP contribution in [-0.2, 0) is 0 Å². The number of nitrogens with zero attached hydrogens (tertiary/aromatic N) is 2. The third kappa shape index (κ3) is 4.56. The first-order valence-corrected chi connectivity index (χ1v) is 9.44. The quantitative estimate of drug-likeness (QED) is 0.192. The number of rotatable bonds is 6. The number of nitro benzene ring substituents is 1. The standard InChI is InChI=1S/C22H15N3O8/c26-17-7-2-1-5-15(17)21(27)24-23-11-14-4-3-6-16(25(29)30)20(14)33-22(28)13-8-9-18-19(10-13)32-12-31-18/h1-11,26H,12H2,(H,24,27)/b23-11+. The van der Waals surface area contributed by atoms with Gasteiger partial charge in [0.25, 0.3) is 5.91 Å². The van der Waals surface area contributed by atoms with Crippen molar-refractivity contribution in [3.05, 3.63) is 87.5 Å². The molecule has 0 saturated carbocycles. The molecule has 2 N–H and O–H groups in total. The maximum Gasteiger partial charge on any atom is 0.343 e. The Labute approximate surface area is 186 Å². The fourth-order valence-corrected chi connectivity index (χ4v) is 2.96. The zero-order chi connectivity index (χ0) is 23.4. The van der Waals surface area contributed by atoms with E-state index in [1.165, 1.54) is 48.5 Å². The molecule has 1 aliphatic heterocycles. The maximum atomic E-state index is 12.7. The molecular weight excluding hydrogens is 434 g/mol. The van der Waals surface area contributed by atoms with Crippen LogP contribution in [0.2, 0.25) is 0 Å². The van der Waals surface area contributed by atoms with Crippen molar-refractivity contribution in [1.82, 2.24) is 5.43 Å². The van der Waals surface area contributed by atoms with Gasteiger partial charge in [-0.25, -0.2) is 10.2 Å². The topological polar surface area (TPSA) is 150 Å². The first-order valence-electron chi connectivity index (χ1n) is 9.44. The van der Waals surface area contributed by atoms with E-state index in [-0.39, 0.29) is 35.0 Å². The van der Waals surface area contributed by atoms with Crippen LogP contribution in [0.5, 0.6) is 23.0 Å². The van der Waals surface area contributed by atoms with Crippen molar-refractivity contribution in [2.45, 2.75) is 0 Å². The lowest BCUT2D eigenvalue weighted by molar-refractivity contribution is -0.385. The molecule has 0 radical (unpaired) electrons. The minimum atomic E-state index is -0.865. The van der Waals surface area contributed by atoms with E-state index in [1.807, 2.05) is 0 Å². The van der Waals surface area contributed by atoms with Crippen LogP contribution < -0.4 is 19.6 Å². The molecule has 1 amide bonds. The number of fused-ring (bicyclic) bond motifs is 1. The van der Waals surface area contributed by atoms with Crippen LogP contribution in [0.3, 0.4) is 0 Å². The second kappa shape index (κ2) is 9.06. The molecule has 0 spiro atoms. The molecule has 0 unspecified atom stereocenters. The number of nitro groups is 1. The first kappa shape index (κ1) is 21.3. The van der Waals surface area contributed by atoms with Gasteiger partial charge in [-0.2, -0.15) is 5.10 Å². The highest BCUT2D eigenvalue weighted by Crippen LogP contribution is 2.34. The number of phenols is 1. The summed E-state index contributed by atoms with van der Waals surface area (Å²) in [6.07, 6.45) is 1.09. The van der Waals surface area contributed by atoms with E-state index in [9.17, 15) is 24.8 Å². The number of amides is 1. The second-order valence-corrected chi connectivity index (χ2v) is 6.63. The monoisotopic (exact) mass is 449 g/mol. The molecule has 0 aromatic heterocycles. The van der Waals surface area contributed by atoms with E-state index in [4.69, 9.17) is 14.2 Å². The predicted octanol–water partition coefficient (Wildman–Crippen LogP) is 3.01. The normalized spacial score (nSPS) is 11.9. The molecule has 0 saturated heterocycles. The van der Waals surface area contributed by atoms with Gasteiger partial charge in [0.15, 0.2) is 11.5 Å². The Morgan fingerprint density at radius 3 is 2.67 bits per heavy atom. The van der Waals surface area contributed by atoms with Crippen molar-refractivity contribution < 1.29 is 33.8 Å². The number of carbonyl (C=O) groups is 2. The summed E-state index contributed by atoms with van der Waals surface area (Å²) in [6.45, 7) is 0.0189. The number of aromatic hydroxyl groups is 1. The number of hydrogen-bond acceptors (Lipinski definition) is 9. The van der Waals surface area contributed by atoms with E-state index < -0.39 is 22.5 Å². The molecule has 0 atom stereocenters. The first-order chi connectivity index (χ1) is 15.9. The van der Waals surface area contributed by atoms with Crippen molar-refractivity contribution in [1.29, 1.82) is 0 Å². The molecule has 1 heterocycles. The lowest BCUT2D eigenvalue weighted by Crippen LogP contribution is -2.18. The summed E-state index contributed by atoms with van der Waals surface area (Å²) in [5.41, 5.74) is 1.88. The lowest BCUT2D eigenvalue weighted by atomic mass is 10.1. The number of carbonyl (C=O) groups excluding carboxylic acids is 2. The smallest absolute Gasteiger partial charge is 0.343 e. The van der Waals surface area contributed by atoms with Gasteiger partial charge in [-0.05, 0) is 36.4 Å². The summed E-state index contributed by atoms with van der Waals surface area (Å²) in [6, 6.07) is 14.2. The Kier molecular flexibility index (Phi) is 5.85. The summed E-state index contributed by atoms with van der Waals surface area (Å²) >= 11 is 0. The number of benzene rings is 3. The van der Waals surface area contributed by atoms with Crippen LogP contribution in [0.4, 0.5) is 5.69 Å². The lowest BCUT2D eigenvalue weighted by Gasteiger charge is -2.08. The minimum absolute atomic E-state index is 0.0110. The van der Waals surface area contributed by atoms with Gasteiger partial charge in [0, 0.05) is 11.6 Å². The van der Waals surface area contributed by atoms with Crippen molar-refractivity contribution in [2.24, 2.45) is 5.10 Å². The number of esters is 1. The number of para-hydroxylation sites is 2. The Balaban J connectivity index is 1.58. The molecule has 33 heavy (non-hydrogen) atoms. The Hall–Kier alpha value is -4.93. The highest BCUT2D eigenvalue weighted by molar-refractivity contribution is 5.98. The SMILES string of the molecule is O=C(Oc1c(/C=N/NC(=O)c2ccccc2O)cccc1[N+](=O)[O-])c1ccc2c(c1)OCO2. The Bertz CT molecular complexity index is 1290. The van der Waals surface area contributed by atoms with Crippen LogP contribution in [-0.4, -0.2) is 34.9 Å². The number of hydrazone groups is 1. The van der Waals surface area contributed by atoms with Crippen LogP contribution in [0.15, 0.2) is 65.8 Å². The summed E-state index contributed by atoms with van der Waals surface area (Å²) in [7, 11) is 0. The predicted molar refractivity (Wildman–Crippen MR) is 114 cm³/mol. The highest BCUT2D eigenvalue weighted by atomic mass is 16.7. The molecule has 11 heteroatoms. The fraction of sp³-hybridized carbons (Fsp3) is 0.0455. The average Bonchev–Trinajstić information content (AvgIpc) is 3.28. The van der Waals surface area contributed by atoms with Gasteiger partial charge in [-0.1, -0.05) is 18.2 Å². The molecule has 11 nitrogen and oxygen atoms in total. The molecule has 3 aromatic carbocycles. The van der Waals surface area contributed by atoms with E-state index in [1.54, 1.807) is 12.1 Å². The number of hydrogen-bond donors (Lipinski definition) is 2. The molecule has 0 aliphatic carbocycles. The van der Waals surface area contributed by atoms with E-state index >= 15 is 0 Å². The molecule has 166 valence electrons. The fourth-order valence-electron chi connectivity index (χ4n) is 2.96. The van der Waals surface area contributed by atoms with Crippen molar-refractivity contribution in [3.63, 3.8) is 0 Å². The third-order valence-electron chi connectivity index (χ3n) is 4.54. The van der Waals surface area contributed by atoms with Crippen LogP contribution >= 0.6 is 0 Å². The second-order valence-electron chi connectivity index (χ2n) is 6.63. The number of phenolic OH excluding ortho intramolecular Hbond substituents is 1. The molecule has 3 aromatic rings. The summed E-state index contributed by atoms with van der Waals surface area (Å²) in [5.74, 6) is -1.35. The summed E-state index contributed by atoms with van der Waals surface area (Å²) in [4.78, 5) is 35.6. The van der Waals surface area contributed by atoms with Crippen molar-refractivity contribution in [3.8, 4) is 23.0 Å². The zero-order valence-corrected chi connectivity index (χ0v) is 16.8. The molecule has 0 bridgehead atoms. The molecule has 1 aliphatic rings. The van der Waals surface area contributed by atoms with Gasteiger partial charge >= 0.3 is 11.7 Å². The Morgan fingerprint density at radius 2 is 1.88 bits per heavy atom. The number of nitrogens with one attached hydrogen (secondary N) is 1. The Morgan fingerprint density at radius 1 is 1.09 bits per heavy atom. The van der Waals surface area contributed by atoms with Gasteiger partial charge < -0.3 is 19.3 Å². The average molecular weight is 449 g/mol. The van der Waals surface area contributed by atoms with Crippen LogP contribution in [0.25, 0.3) is 0 Å². The third-order valence-corrected chi connectivity index (χ3v) is 4.54. The van der Waals surface area contributed by atoms with Crippen molar-refractivity contribution >= 4 is 23.8 Å². The van der Waals surface area contributed by atoms with Gasteiger partial charge in [-0.3, -0.25) is 14.9 Å². The van der Waals surface area contributed by atoms with Gasteiger partial charge in [0.1, 0.15) is 5.75 Å². The largest absolute Gasteiger partial charge is 0.507 e. The highest BCUT2D eigenvalue weighted by Gasteiger charge is 2.24. The van der Waals surface area contributed by atoms with E-state index in [2.05, 4.69) is 10.5 Å². The molecule has 4 rings (SSSR count). The van der Waals surface area contributed by atoms with Gasteiger partial charge in [-0.15, -0.1) is 0 Å². The van der Waals surface area contributed by atoms with E-state index in [0.717, 1.165) is 6.21 Å². The van der Waals surface area contributed by atoms with Gasteiger partial charge in [0.05, 0.1) is 22.3 Å². The minimum Gasteiger partial charge on any atom is -0.507 e. The van der Waals surface area contributed by atoms with Crippen molar-refractivity contribution in [2.75, 3.05) is 6.79 Å². The van der Waals surface area contributed by atoms with Crippen LogP contribution in [0, 0.1) is 10.1 Å². The summed E-state index contributed by atoms with van der Waals surface area (Å²) in [5, 5.41) is 25.0. The number of ether oxygens (including phenoxy) is 3. The van der Waals surface area contributed by atoms with E-state index in [0.29, 0.717) is 11.5 Å². The van der Waals surface area contributed by atoms with Crippen LogP contribution in [0.1, 0.15) is 26.3 Å².